The van der Waals surface area contributed by atoms with Crippen molar-refractivity contribution in [3.63, 3.8) is 0 Å². The van der Waals surface area contributed by atoms with Crippen molar-refractivity contribution in [2.45, 2.75) is 12.3 Å². The molecule has 0 spiro atoms. The Morgan fingerprint density at radius 3 is 2.75 bits per heavy atom. The van der Waals surface area contributed by atoms with Crippen LogP contribution in [0.1, 0.15) is 17.3 Å². The Bertz CT molecular complexity index is 296. The summed E-state index contributed by atoms with van der Waals surface area (Å²) in [4.78, 5) is 11.4. The Morgan fingerprint density at radius 1 is 1.58 bits per heavy atom. The third-order valence-corrected chi connectivity index (χ3v) is 2.34. The van der Waals surface area contributed by atoms with E-state index in [9.17, 15) is 4.79 Å². The summed E-state index contributed by atoms with van der Waals surface area (Å²) in [5.41, 5.74) is 0.685. The van der Waals surface area contributed by atoms with Gasteiger partial charge in [-0.15, -0.1) is 11.6 Å². The standard InChI is InChI=1S/C9H8ClIO/c1-6(10)9(12)7-3-2-4-8(11)5-7/h2-6H,1H3. The number of benzene rings is 1. The second-order valence-electron chi connectivity index (χ2n) is 2.49. The van der Waals surface area contributed by atoms with Gasteiger partial charge >= 0.3 is 0 Å². The van der Waals surface area contributed by atoms with Gasteiger partial charge in [0.2, 0.25) is 0 Å². The molecule has 0 N–H and O–H groups in total. The van der Waals surface area contributed by atoms with Crippen molar-refractivity contribution >= 4 is 40.0 Å². The van der Waals surface area contributed by atoms with Crippen LogP contribution in [0.25, 0.3) is 0 Å². The number of hydrogen-bond donors (Lipinski definition) is 0. The summed E-state index contributed by atoms with van der Waals surface area (Å²) >= 11 is 7.83. The summed E-state index contributed by atoms with van der Waals surface area (Å²) < 4.78 is 1.05. The highest BCUT2D eigenvalue weighted by atomic mass is 127. The minimum Gasteiger partial charge on any atom is -0.293 e. The summed E-state index contributed by atoms with van der Waals surface area (Å²) in [6.07, 6.45) is 0. The van der Waals surface area contributed by atoms with Crippen LogP contribution in [0.3, 0.4) is 0 Å². The van der Waals surface area contributed by atoms with Crippen LogP contribution in [-0.4, -0.2) is 11.2 Å². The largest absolute Gasteiger partial charge is 0.293 e. The molecule has 1 rings (SSSR count). The topological polar surface area (TPSA) is 17.1 Å². The minimum absolute atomic E-state index is 0.0183. The van der Waals surface area contributed by atoms with E-state index in [0.29, 0.717) is 5.56 Å². The van der Waals surface area contributed by atoms with Crippen LogP contribution in [0.2, 0.25) is 0 Å². The third kappa shape index (κ3) is 2.45. The lowest BCUT2D eigenvalue weighted by atomic mass is 10.1. The van der Waals surface area contributed by atoms with E-state index < -0.39 is 5.38 Å². The number of halogens is 2. The molecule has 0 aromatic heterocycles. The van der Waals surface area contributed by atoms with Gasteiger partial charge in [-0.05, 0) is 41.6 Å². The molecule has 0 bridgehead atoms. The zero-order chi connectivity index (χ0) is 9.14. The number of hydrogen-bond acceptors (Lipinski definition) is 1. The van der Waals surface area contributed by atoms with Gasteiger partial charge in [0.15, 0.2) is 5.78 Å². The van der Waals surface area contributed by atoms with Gasteiger partial charge in [-0.2, -0.15) is 0 Å². The fourth-order valence-electron chi connectivity index (χ4n) is 0.871. The molecule has 0 amide bonds. The molecule has 0 heterocycles. The maximum atomic E-state index is 11.4. The quantitative estimate of drug-likeness (QED) is 0.465. The minimum atomic E-state index is -0.441. The van der Waals surface area contributed by atoms with Gasteiger partial charge in [-0.3, -0.25) is 4.79 Å². The fourth-order valence-corrected chi connectivity index (χ4v) is 1.54. The maximum Gasteiger partial charge on any atom is 0.180 e. The molecule has 64 valence electrons. The Balaban J connectivity index is 2.96. The Morgan fingerprint density at radius 2 is 2.25 bits per heavy atom. The van der Waals surface area contributed by atoms with Crippen LogP contribution in [0.5, 0.6) is 0 Å². The molecule has 3 heteroatoms. The smallest absolute Gasteiger partial charge is 0.180 e. The summed E-state index contributed by atoms with van der Waals surface area (Å²) in [6.45, 7) is 1.68. The van der Waals surface area contributed by atoms with E-state index in [-0.39, 0.29) is 5.78 Å². The molecule has 0 aliphatic rings. The van der Waals surface area contributed by atoms with E-state index in [1.807, 2.05) is 18.2 Å². The van der Waals surface area contributed by atoms with Crippen molar-refractivity contribution in [1.82, 2.24) is 0 Å². The van der Waals surface area contributed by atoms with Crippen LogP contribution >= 0.6 is 34.2 Å². The zero-order valence-electron chi connectivity index (χ0n) is 6.55. The summed E-state index contributed by atoms with van der Waals surface area (Å²) in [7, 11) is 0. The van der Waals surface area contributed by atoms with E-state index in [1.165, 1.54) is 0 Å². The van der Waals surface area contributed by atoms with Crippen LogP contribution in [0.4, 0.5) is 0 Å². The van der Waals surface area contributed by atoms with Gasteiger partial charge in [0.25, 0.3) is 0 Å². The normalized spacial score (nSPS) is 12.6. The first-order chi connectivity index (χ1) is 5.61. The highest BCUT2D eigenvalue weighted by Crippen LogP contribution is 2.11. The molecule has 0 saturated heterocycles. The van der Waals surface area contributed by atoms with Gasteiger partial charge in [-0.1, -0.05) is 12.1 Å². The first kappa shape index (κ1) is 9.99. The van der Waals surface area contributed by atoms with E-state index >= 15 is 0 Å². The van der Waals surface area contributed by atoms with Crippen molar-refractivity contribution in [3.05, 3.63) is 33.4 Å². The highest BCUT2D eigenvalue weighted by molar-refractivity contribution is 14.1. The van der Waals surface area contributed by atoms with Crippen LogP contribution < -0.4 is 0 Å². The molecular formula is C9H8ClIO. The van der Waals surface area contributed by atoms with Gasteiger partial charge in [-0.25, -0.2) is 0 Å². The predicted octanol–water partition coefficient (Wildman–Crippen LogP) is 3.10. The molecule has 1 unspecified atom stereocenters. The Labute approximate surface area is 90.3 Å². The lowest BCUT2D eigenvalue weighted by Crippen LogP contribution is -2.10. The summed E-state index contributed by atoms with van der Waals surface area (Å²) in [5.74, 6) is -0.0183. The maximum absolute atomic E-state index is 11.4. The Kier molecular flexibility index (Phi) is 3.53. The molecule has 0 aliphatic heterocycles. The van der Waals surface area contributed by atoms with Gasteiger partial charge in [0.1, 0.15) is 0 Å². The molecule has 0 radical (unpaired) electrons. The third-order valence-electron chi connectivity index (χ3n) is 1.47. The average Bonchev–Trinajstić information content (AvgIpc) is 2.03. The molecule has 12 heavy (non-hydrogen) atoms. The zero-order valence-corrected chi connectivity index (χ0v) is 9.46. The van der Waals surface area contributed by atoms with Crippen molar-refractivity contribution < 1.29 is 4.79 Å². The predicted molar refractivity (Wildman–Crippen MR) is 58.8 cm³/mol. The molecule has 1 aromatic rings. The number of ketones is 1. The molecule has 0 fully saturated rings. The van der Waals surface area contributed by atoms with Crippen molar-refractivity contribution in [2.24, 2.45) is 0 Å². The van der Waals surface area contributed by atoms with Gasteiger partial charge in [0.05, 0.1) is 5.38 Å². The number of Topliss-reactive ketones (excluding diaryl/α,β-unsaturated/α-hetero) is 1. The van der Waals surface area contributed by atoms with Gasteiger partial charge < -0.3 is 0 Å². The molecule has 0 aliphatic carbocycles. The monoisotopic (exact) mass is 294 g/mol. The van der Waals surface area contributed by atoms with Crippen molar-refractivity contribution in [2.75, 3.05) is 0 Å². The number of alkyl halides is 1. The number of carbonyl (C=O) groups excluding carboxylic acids is 1. The summed E-state index contributed by atoms with van der Waals surface area (Å²) in [5, 5.41) is -0.441. The van der Waals surface area contributed by atoms with Crippen molar-refractivity contribution in [3.8, 4) is 0 Å². The first-order valence-corrected chi connectivity index (χ1v) is 5.06. The number of carbonyl (C=O) groups is 1. The van der Waals surface area contributed by atoms with Crippen LogP contribution in [0, 0.1) is 3.57 Å². The highest BCUT2D eigenvalue weighted by Gasteiger charge is 2.11. The van der Waals surface area contributed by atoms with E-state index in [0.717, 1.165) is 3.57 Å². The average molecular weight is 295 g/mol. The second kappa shape index (κ2) is 4.23. The summed E-state index contributed by atoms with van der Waals surface area (Å²) in [6, 6.07) is 7.41. The van der Waals surface area contributed by atoms with Crippen LogP contribution in [-0.2, 0) is 0 Å². The lowest BCUT2D eigenvalue weighted by molar-refractivity contribution is 0.0991. The Hall–Kier alpha value is -0.0900. The SMILES string of the molecule is CC(Cl)C(=O)c1cccc(I)c1. The first-order valence-electron chi connectivity index (χ1n) is 3.55. The van der Waals surface area contributed by atoms with Crippen LogP contribution in [0.15, 0.2) is 24.3 Å². The van der Waals surface area contributed by atoms with E-state index in [4.69, 9.17) is 11.6 Å². The molecule has 1 nitrogen and oxygen atoms in total. The van der Waals surface area contributed by atoms with E-state index in [2.05, 4.69) is 22.6 Å². The molecule has 1 atom stereocenters. The lowest BCUT2D eigenvalue weighted by Gasteiger charge is -2.01. The molecular weight excluding hydrogens is 286 g/mol. The fraction of sp³-hybridized carbons (Fsp3) is 0.222. The second-order valence-corrected chi connectivity index (χ2v) is 4.39. The van der Waals surface area contributed by atoms with Gasteiger partial charge in [0, 0.05) is 9.13 Å². The molecule has 1 aromatic carbocycles. The molecule has 0 saturated carbocycles. The van der Waals surface area contributed by atoms with E-state index in [1.54, 1.807) is 13.0 Å². The number of rotatable bonds is 2. The van der Waals surface area contributed by atoms with Crippen molar-refractivity contribution in [1.29, 1.82) is 0 Å².